The summed E-state index contributed by atoms with van der Waals surface area (Å²) < 4.78 is 0. The molecule has 0 aromatic heterocycles. The van der Waals surface area contributed by atoms with Crippen LogP contribution in [-0.2, 0) is 6.42 Å². The van der Waals surface area contributed by atoms with Crippen molar-refractivity contribution in [1.29, 1.82) is 0 Å². The molecule has 2 aromatic rings. The number of benzene rings is 2. The van der Waals surface area contributed by atoms with Gasteiger partial charge in [0, 0.05) is 12.3 Å². The summed E-state index contributed by atoms with van der Waals surface area (Å²) in [5, 5.41) is 0. The normalized spacial score (nSPS) is 20.8. The molecule has 0 heterocycles. The lowest BCUT2D eigenvalue weighted by Gasteiger charge is -2.20. The molecular formula is C20H26N+. The summed E-state index contributed by atoms with van der Waals surface area (Å²) >= 11 is 0. The molecule has 0 radical (unpaired) electrons. The van der Waals surface area contributed by atoms with Crippen LogP contribution in [0.25, 0.3) is 0 Å². The maximum absolute atomic E-state index is 2.36. The van der Waals surface area contributed by atoms with Crippen LogP contribution in [0.4, 0.5) is 0 Å². The van der Waals surface area contributed by atoms with Crippen molar-refractivity contribution in [3.05, 3.63) is 70.8 Å². The Kier molecular flexibility index (Phi) is 4.12. The topological polar surface area (TPSA) is 4.44 Å². The third-order valence-electron chi connectivity index (χ3n) is 4.88. The highest BCUT2D eigenvalue weighted by atomic mass is 15.0. The van der Waals surface area contributed by atoms with Gasteiger partial charge in [-0.2, -0.15) is 0 Å². The first kappa shape index (κ1) is 14.3. The molecule has 1 nitrogen and oxygen atoms in total. The fourth-order valence-corrected chi connectivity index (χ4v) is 3.68. The van der Waals surface area contributed by atoms with Crippen LogP contribution >= 0.6 is 0 Å². The SMILES string of the molecule is C[C@H]1c2ccccc2C[C@H](CC[NH+](C)C)c2ccccc21. The van der Waals surface area contributed by atoms with E-state index >= 15 is 0 Å². The Labute approximate surface area is 128 Å². The molecule has 1 aliphatic rings. The van der Waals surface area contributed by atoms with E-state index in [0.717, 1.165) is 0 Å². The van der Waals surface area contributed by atoms with Gasteiger partial charge < -0.3 is 4.90 Å². The quantitative estimate of drug-likeness (QED) is 0.881. The predicted octanol–water partition coefficient (Wildman–Crippen LogP) is 3.01. The first-order valence-electron chi connectivity index (χ1n) is 8.12. The summed E-state index contributed by atoms with van der Waals surface area (Å²) in [7, 11) is 4.50. The van der Waals surface area contributed by atoms with E-state index in [-0.39, 0.29) is 0 Å². The lowest BCUT2D eigenvalue weighted by molar-refractivity contribution is -0.858. The van der Waals surface area contributed by atoms with Crippen molar-refractivity contribution >= 4 is 0 Å². The van der Waals surface area contributed by atoms with Crippen molar-refractivity contribution in [1.82, 2.24) is 0 Å². The standard InChI is InChI=1S/C20H25N/c1-15-18-9-5-4-8-16(18)14-17(12-13-21(2)3)20-11-7-6-10-19(15)20/h4-11,15,17H,12-14H2,1-3H3/p+1/t15-,17-/m0/s1. The van der Waals surface area contributed by atoms with Gasteiger partial charge in [-0.25, -0.2) is 0 Å². The van der Waals surface area contributed by atoms with Crippen molar-refractivity contribution in [3.8, 4) is 0 Å². The zero-order chi connectivity index (χ0) is 14.8. The fraction of sp³-hybridized carbons (Fsp3) is 0.400. The molecule has 1 aliphatic carbocycles. The van der Waals surface area contributed by atoms with Gasteiger partial charge in [0.05, 0.1) is 20.6 Å². The smallest absolute Gasteiger partial charge is 0.0772 e. The maximum Gasteiger partial charge on any atom is 0.0772 e. The number of hydrogen-bond acceptors (Lipinski definition) is 0. The van der Waals surface area contributed by atoms with Crippen LogP contribution in [0.15, 0.2) is 48.5 Å². The van der Waals surface area contributed by atoms with E-state index in [1.54, 1.807) is 11.1 Å². The summed E-state index contributed by atoms with van der Waals surface area (Å²) in [4.78, 5) is 1.54. The minimum atomic E-state index is 0.508. The zero-order valence-electron chi connectivity index (χ0n) is 13.4. The number of fused-ring (bicyclic) bond motifs is 2. The third-order valence-corrected chi connectivity index (χ3v) is 4.88. The van der Waals surface area contributed by atoms with E-state index in [9.17, 15) is 0 Å². The Bertz CT molecular complexity index is 615. The average Bonchev–Trinajstić information content (AvgIpc) is 2.62. The molecule has 0 spiro atoms. The van der Waals surface area contributed by atoms with Crippen molar-refractivity contribution in [2.24, 2.45) is 0 Å². The lowest BCUT2D eigenvalue weighted by Crippen LogP contribution is -3.05. The van der Waals surface area contributed by atoms with Gasteiger partial charge in [-0.15, -0.1) is 0 Å². The van der Waals surface area contributed by atoms with Crippen molar-refractivity contribution in [3.63, 3.8) is 0 Å². The van der Waals surface area contributed by atoms with Crippen LogP contribution in [0.1, 0.15) is 47.4 Å². The van der Waals surface area contributed by atoms with Gasteiger partial charge in [0.2, 0.25) is 0 Å². The molecule has 0 amide bonds. The molecule has 0 aliphatic heterocycles. The van der Waals surface area contributed by atoms with Crippen LogP contribution in [0.5, 0.6) is 0 Å². The Morgan fingerprint density at radius 3 is 2.24 bits per heavy atom. The van der Waals surface area contributed by atoms with E-state index in [2.05, 4.69) is 69.6 Å². The van der Waals surface area contributed by atoms with Crippen molar-refractivity contribution < 1.29 is 4.90 Å². The summed E-state index contributed by atoms with van der Waals surface area (Å²) in [6.07, 6.45) is 2.45. The summed E-state index contributed by atoms with van der Waals surface area (Å²) in [5.41, 5.74) is 6.16. The van der Waals surface area contributed by atoms with Crippen LogP contribution in [-0.4, -0.2) is 20.6 Å². The molecule has 0 saturated heterocycles. The van der Waals surface area contributed by atoms with Gasteiger partial charge in [0.1, 0.15) is 0 Å². The van der Waals surface area contributed by atoms with Crippen molar-refractivity contribution in [2.75, 3.05) is 20.6 Å². The monoisotopic (exact) mass is 280 g/mol. The molecule has 0 unspecified atom stereocenters. The molecule has 2 atom stereocenters. The van der Waals surface area contributed by atoms with E-state index < -0.39 is 0 Å². The fourth-order valence-electron chi connectivity index (χ4n) is 3.68. The van der Waals surface area contributed by atoms with Gasteiger partial charge in [-0.05, 0) is 34.6 Å². The van der Waals surface area contributed by atoms with Gasteiger partial charge in [-0.3, -0.25) is 0 Å². The van der Waals surface area contributed by atoms with Crippen LogP contribution in [0.2, 0.25) is 0 Å². The van der Waals surface area contributed by atoms with E-state index in [4.69, 9.17) is 0 Å². The molecular weight excluding hydrogens is 254 g/mol. The Morgan fingerprint density at radius 1 is 0.905 bits per heavy atom. The Balaban J connectivity index is 2.04. The van der Waals surface area contributed by atoms with Crippen molar-refractivity contribution in [2.45, 2.75) is 31.6 Å². The molecule has 21 heavy (non-hydrogen) atoms. The first-order chi connectivity index (χ1) is 10.2. The second-order valence-electron chi connectivity index (χ2n) is 6.70. The number of nitrogens with one attached hydrogen (secondary N) is 1. The van der Waals surface area contributed by atoms with E-state index in [0.29, 0.717) is 11.8 Å². The van der Waals surface area contributed by atoms with E-state index in [1.165, 1.54) is 35.4 Å². The highest BCUT2D eigenvalue weighted by Crippen LogP contribution is 2.39. The van der Waals surface area contributed by atoms with Gasteiger partial charge in [0.25, 0.3) is 0 Å². The Hall–Kier alpha value is -1.60. The molecule has 0 fully saturated rings. The first-order valence-corrected chi connectivity index (χ1v) is 8.12. The van der Waals surface area contributed by atoms with Gasteiger partial charge in [0.15, 0.2) is 0 Å². The minimum absolute atomic E-state index is 0.508. The molecule has 2 aromatic carbocycles. The second-order valence-corrected chi connectivity index (χ2v) is 6.70. The molecule has 1 heteroatoms. The average molecular weight is 280 g/mol. The minimum Gasteiger partial charge on any atom is -0.340 e. The third kappa shape index (κ3) is 2.89. The molecule has 1 N–H and O–H groups in total. The van der Waals surface area contributed by atoms with Gasteiger partial charge >= 0.3 is 0 Å². The lowest BCUT2D eigenvalue weighted by atomic mass is 9.87. The predicted molar refractivity (Wildman–Crippen MR) is 89.1 cm³/mol. The molecule has 0 saturated carbocycles. The number of quaternary nitrogens is 1. The summed E-state index contributed by atoms with van der Waals surface area (Å²) in [6.45, 7) is 3.59. The summed E-state index contributed by atoms with van der Waals surface area (Å²) in [5.74, 6) is 1.16. The number of rotatable bonds is 3. The Morgan fingerprint density at radius 2 is 1.52 bits per heavy atom. The second kappa shape index (κ2) is 6.03. The number of hydrogen-bond donors (Lipinski definition) is 1. The summed E-state index contributed by atoms with van der Waals surface area (Å²) in [6, 6.07) is 18.1. The highest BCUT2D eigenvalue weighted by Gasteiger charge is 2.26. The molecule has 0 bridgehead atoms. The van der Waals surface area contributed by atoms with Gasteiger partial charge in [-0.1, -0.05) is 55.5 Å². The molecule has 3 rings (SSSR count). The van der Waals surface area contributed by atoms with Crippen LogP contribution in [0.3, 0.4) is 0 Å². The largest absolute Gasteiger partial charge is 0.340 e. The van der Waals surface area contributed by atoms with E-state index in [1.807, 2.05) is 0 Å². The van der Waals surface area contributed by atoms with Crippen LogP contribution < -0.4 is 4.90 Å². The highest BCUT2D eigenvalue weighted by molar-refractivity contribution is 5.46. The molecule has 110 valence electrons. The zero-order valence-corrected chi connectivity index (χ0v) is 13.4. The maximum atomic E-state index is 2.36. The van der Waals surface area contributed by atoms with Crippen LogP contribution in [0, 0.1) is 0 Å².